The van der Waals surface area contributed by atoms with Crippen molar-refractivity contribution in [3.05, 3.63) is 34.6 Å². The van der Waals surface area contributed by atoms with Crippen LogP contribution in [0.2, 0.25) is 0 Å². The van der Waals surface area contributed by atoms with Crippen LogP contribution in [0.15, 0.2) is 29.1 Å². The van der Waals surface area contributed by atoms with Gasteiger partial charge in [-0.25, -0.2) is 4.68 Å². The molecule has 0 spiro atoms. The van der Waals surface area contributed by atoms with Crippen LogP contribution < -0.4 is 10.9 Å². The fourth-order valence-electron chi connectivity index (χ4n) is 3.28. The number of fused-ring (bicyclic) bond motifs is 1. The quantitative estimate of drug-likeness (QED) is 0.855. The Bertz CT molecular complexity index is 748. The van der Waals surface area contributed by atoms with Gasteiger partial charge in [0.05, 0.1) is 5.39 Å². The summed E-state index contributed by atoms with van der Waals surface area (Å²) < 4.78 is 1.35. The summed E-state index contributed by atoms with van der Waals surface area (Å²) in [4.78, 5) is 24.4. The molecule has 2 aromatic rings. The van der Waals surface area contributed by atoms with Crippen molar-refractivity contribution in [1.82, 2.24) is 20.3 Å². The molecule has 1 aromatic heterocycles. The third-order valence-electron chi connectivity index (χ3n) is 4.62. The lowest BCUT2D eigenvalue weighted by molar-refractivity contribution is -0.122. The first-order chi connectivity index (χ1) is 11.7. The van der Waals surface area contributed by atoms with Crippen molar-refractivity contribution >= 4 is 16.8 Å². The number of amides is 1. The Balaban J connectivity index is 1.52. The Kier molecular flexibility index (Phi) is 5.56. The van der Waals surface area contributed by atoms with E-state index in [0.717, 1.165) is 12.8 Å². The van der Waals surface area contributed by atoms with Crippen LogP contribution in [-0.4, -0.2) is 26.9 Å². The molecule has 1 saturated carbocycles. The van der Waals surface area contributed by atoms with Gasteiger partial charge in [0.25, 0.3) is 5.56 Å². The lowest BCUT2D eigenvalue weighted by atomic mass is 10.1. The topological polar surface area (TPSA) is 76.9 Å². The van der Waals surface area contributed by atoms with Gasteiger partial charge in [-0.1, -0.05) is 43.0 Å². The van der Waals surface area contributed by atoms with Crippen molar-refractivity contribution < 1.29 is 4.79 Å². The number of nitrogens with one attached hydrogen (secondary N) is 1. The summed E-state index contributed by atoms with van der Waals surface area (Å²) in [5.41, 5.74) is 0.453. The highest BCUT2D eigenvalue weighted by Gasteiger charge is 2.14. The zero-order valence-electron chi connectivity index (χ0n) is 13.9. The zero-order valence-corrected chi connectivity index (χ0v) is 13.9. The molecule has 0 saturated heterocycles. The second-order valence-corrected chi connectivity index (χ2v) is 6.49. The number of carbonyl (C=O) groups is 1. The van der Waals surface area contributed by atoms with Crippen LogP contribution in [0, 0.1) is 0 Å². The minimum atomic E-state index is -0.148. The van der Waals surface area contributed by atoms with E-state index in [1.54, 1.807) is 12.1 Å². The largest absolute Gasteiger partial charge is 0.353 e. The summed E-state index contributed by atoms with van der Waals surface area (Å²) >= 11 is 0. The number of nitrogens with zero attached hydrogens (tertiary/aromatic N) is 3. The number of aryl methyl sites for hydroxylation is 1. The average molecular weight is 328 g/mol. The highest BCUT2D eigenvalue weighted by Crippen LogP contribution is 2.17. The molecular weight excluding hydrogens is 304 g/mol. The van der Waals surface area contributed by atoms with Crippen LogP contribution in [0.1, 0.15) is 51.4 Å². The monoisotopic (exact) mass is 328 g/mol. The molecule has 1 amide bonds. The predicted molar refractivity (Wildman–Crippen MR) is 92.7 cm³/mol. The number of hydrogen-bond donors (Lipinski definition) is 1. The second-order valence-electron chi connectivity index (χ2n) is 6.49. The predicted octanol–water partition coefficient (Wildman–Crippen LogP) is 2.41. The maximum absolute atomic E-state index is 12.3. The third kappa shape index (κ3) is 4.19. The van der Waals surface area contributed by atoms with E-state index in [2.05, 4.69) is 15.6 Å². The van der Waals surface area contributed by atoms with E-state index in [9.17, 15) is 9.59 Å². The molecule has 0 radical (unpaired) electrons. The Hall–Kier alpha value is -2.24. The SMILES string of the molecule is O=C(CCCn1nnc2ccccc2c1=O)NC1CCCCCC1. The van der Waals surface area contributed by atoms with E-state index in [1.165, 1.54) is 30.4 Å². The molecule has 1 fully saturated rings. The van der Waals surface area contributed by atoms with Crippen molar-refractivity contribution in [3.63, 3.8) is 0 Å². The first kappa shape index (κ1) is 16.6. The number of aromatic nitrogens is 3. The first-order valence-electron chi connectivity index (χ1n) is 8.86. The van der Waals surface area contributed by atoms with Gasteiger partial charge >= 0.3 is 0 Å². The molecule has 24 heavy (non-hydrogen) atoms. The Morgan fingerprint density at radius 2 is 1.92 bits per heavy atom. The van der Waals surface area contributed by atoms with Crippen LogP contribution in [0.25, 0.3) is 10.9 Å². The summed E-state index contributed by atoms with van der Waals surface area (Å²) in [5, 5.41) is 11.7. The van der Waals surface area contributed by atoms with Crippen LogP contribution in [-0.2, 0) is 11.3 Å². The molecule has 0 aliphatic heterocycles. The average Bonchev–Trinajstić information content (AvgIpc) is 2.86. The van der Waals surface area contributed by atoms with E-state index in [1.807, 2.05) is 12.1 Å². The molecule has 1 aliphatic carbocycles. The summed E-state index contributed by atoms with van der Waals surface area (Å²) in [5.74, 6) is 0.0729. The Morgan fingerprint density at radius 1 is 1.17 bits per heavy atom. The molecule has 1 heterocycles. The molecule has 1 aliphatic rings. The van der Waals surface area contributed by atoms with Gasteiger partial charge in [-0.05, 0) is 31.4 Å². The fraction of sp³-hybridized carbons (Fsp3) is 0.556. The van der Waals surface area contributed by atoms with Crippen LogP contribution in [0.3, 0.4) is 0 Å². The Labute approximate surface area is 141 Å². The highest BCUT2D eigenvalue weighted by atomic mass is 16.1. The zero-order chi connectivity index (χ0) is 16.8. The molecule has 0 bridgehead atoms. The summed E-state index contributed by atoms with van der Waals surface area (Å²) in [6, 6.07) is 7.49. The van der Waals surface area contributed by atoms with E-state index in [-0.39, 0.29) is 11.5 Å². The number of benzene rings is 1. The van der Waals surface area contributed by atoms with Gasteiger partial charge in [-0.15, -0.1) is 5.10 Å². The van der Waals surface area contributed by atoms with Crippen LogP contribution >= 0.6 is 0 Å². The van der Waals surface area contributed by atoms with Gasteiger partial charge in [0.15, 0.2) is 0 Å². The maximum Gasteiger partial charge on any atom is 0.277 e. The smallest absolute Gasteiger partial charge is 0.277 e. The third-order valence-corrected chi connectivity index (χ3v) is 4.62. The van der Waals surface area contributed by atoms with E-state index in [0.29, 0.717) is 36.3 Å². The van der Waals surface area contributed by atoms with Gasteiger partial charge in [0, 0.05) is 19.0 Å². The number of rotatable bonds is 5. The van der Waals surface area contributed by atoms with Gasteiger partial charge in [0.2, 0.25) is 5.91 Å². The standard InChI is InChI=1S/C18H24N4O2/c23-17(19-14-8-3-1-2-4-9-14)12-7-13-22-18(24)15-10-5-6-11-16(15)20-21-22/h5-6,10-11,14H,1-4,7-9,12-13H2,(H,19,23). The Morgan fingerprint density at radius 3 is 2.71 bits per heavy atom. The molecule has 0 unspecified atom stereocenters. The van der Waals surface area contributed by atoms with Crippen LogP contribution in [0.5, 0.6) is 0 Å². The molecule has 1 aromatic carbocycles. The molecular formula is C18H24N4O2. The second kappa shape index (κ2) is 8.04. The van der Waals surface area contributed by atoms with E-state index >= 15 is 0 Å². The summed E-state index contributed by atoms with van der Waals surface area (Å²) in [6.45, 7) is 0.411. The number of hydrogen-bond acceptors (Lipinski definition) is 4. The molecule has 128 valence electrons. The molecule has 1 N–H and O–H groups in total. The van der Waals surface area contributed by atoms with Gasteiger partial charge < -0.3 is 5.32 Å². The normalized spacial score (nSPS) is 16.0. The maximum atomic E-state index is 12.3. The van der Waals surface area contributed by atoms with Crippen molar-refractivity contribution in [3.8, 4) is 0 Å². The molecule has 6 heteroatoms. The summed E-state index contributed by atoms with van der Waals surface area (Å²) in [7, 11) is 0. The van der Waals surface area contributed by atoms with Gasteiger partial charge in [0.1, 0.15) is 5.52 Å². The number of carbonyl (C=O) groups excluding carboxylic acids is 1. The van der Waals surface area contributed by atoms with E-state index < -0.39 is 0 Å². The van der Waals surface area contributed by atoms with E-state index in [4.69, 9.17) is 0 Å². The van der Waals surface area contributed by atoms with Crippen molar-refractivity contribution in [2.75, 3.05) is 0 Å². The van der Waals surface area contributed by atoms with Crippen molar-refractivity contribution in [1.29, 1.82) is 0 Å². The van der Waals surface area contributed by atoms with Crippen molar-refractivity contribution in [2.24, 2.45) is 0 Å². The summed E-state index contributed by atoms with van der Waals surface area (Å²) in [6.07, 6.45) is 8.12. The van der Waals surface area contributed by atoms with Crippen molar-refractivity contribution in [2.45, 2.75) is 64.0 Å². The van der Waals surface area contributed by atoms with Gasteiger partial charge in [-0.3, -0.25) is 9.59 Å². The first-order valence-corrected chi connectivity index (χ1v) is 8.86. The fourth-order valence-corrected chi connectivity index (χ4v) is 3.28. The molecule has 6 nitrogen and oxygen atoms in total. The highest BCUT2D eigenvalue weighted by molar-refractivity contribution is 5.77. The molecule has 3 rings (SSSR count). The minimum absolute atomic E-state index is 0.0729. The van der Waals surface area contributed by atoms with Crippen LogP contribution in [0.4, 0.5) is 0 Å². The minimum Gasteiger partial charge on any atom is -0.353 e. The molecule has 0 atom stereocenters. The van der Waals surface area contributed by atoms with Gasteiger partial charge in [-0.2, -0.15) is 0 Å². The lowest BCUT2D eigenvalue weighted by Gasteiger charge is -2.16. The lowest BCUT2D eigenvalue weighted by Crippen LogP contribution is -2.34.